The zero-order valence-corrected chi connectivity index (χ0v) is 15.2. The fourth-order valence-electron chi connectivity index (χ4n) is 4.51. The Kier molecular flexibility index (Phi) is 4.56. The maximum Gasteiger partial charge on any atom is 0.169 e. The van der Waals surface area contributed by atoms with Gasteiger partial charge in [0.15, 0.2) is 5.78 Å². The minimum Gasteiger partial charge on any atom is -0.461 e. The number of nitrogens with zero attached hydrogens (tertiary/aromatic N) is 1. The Balaban J connectivity index is 1.56. The summed E-state index contributed by atoms with van der Waals surface area (Å²) in [5.74, 6) is 1.25. The molecule has 2 aliphatic rings. The molecule has 0 saturated carbocycles. The summed E-state index contributed by atoms with van der Waals surface area (Å²) in [6.45, 7) is 3.90. The predicted octanol–water partition coefficient (Wildman–Crippen LogP) is 2.99. The smallest absolute Gasteiger partial charge is 0.169 e. The Hall–Kier alpha value is -2.16. The molecule has 2 N–H and O–H groups in total. The van der Waals surface area contributed by atoms with Crippen LogP contribution in [0, 0.1) is 18.3 Å². The van der Waals surface area contributed by atoms with Crippen LogP contribution in [0.5, 0.6) is 0 Å². The Morgan fingerprint density at radius 2 is 2.27 bits per heavy atom. The van der Waals surface area contributed by atoms with Crippen molar-refractivity contribution in [2.45, 2.75) is 57.0 Å². The summed E-state index contributed by atoms with van der Waals surface area (Å²) < 4.78 is 6.05. The third-order valence-electron chi connectivity index (χ3n) is 6.04. The number of hydrogen-bond donors (Lipinski definition) is 2. The maximum atomic E-state index is 13.1. The standard InChI is InChI=1S/C21H25N3O2/c1-14-16-6-5-15(13-22)12-19(16)26-18(14)7-9-21(8-3-11-24-21)20(25)17-4-2-10-23-17/h5-6,12,17,23-24H,2-4,7-11H2,1H3/t17-,21+/m1/s1. The SMILES string of the molecule is Cc1c(CC[C@]2(C(=O)[C@H]3CCCN3)CCCN2)oc2cc(C#N)ccc12. The van der Waals surface area contributed by atoms with E-state index in [1.54, 1.807) is 6.07 Å². The lowest BCUT2D eigenvalue weighted by atomic mass is 9.82. The topological polar surface area (TPSA) is 78.1 Å². The highest BCUT2D eigenvalue weighted by Crippen LogP contribution is 2.32. The van der Waals surface area contributed by atoms with E-state index < -0.39 is 5.54 Å². The van der Waals surface area contributed by atoms with Gasteiger partial charge in [-0.3, -0.25) is 4.79 Å². The van der Waals surface area contributed by atoms with Crippen LogP contribution in [-0.2, 0) is 11.2 Å². The molecule has 0 spiro atoms. The summed E-state index contributed by atoms with van der Waals surface area (Å²) in [6, 6.07) is 7.72. The number of nitriles is 1. The van der Waals surface area contributed by atoms with Crippen LogP contribution < -0.4 is 10.6 Å². The van der Waals surface area contributed by atoms with Crippen LogP contribution in [0.4, 0.5) is 0 Å². The molecule has 1 aromatic heterocycles. The fraction of sp³-hybridized carbons (Fsp3) is 0.524. The maximum absolute atomic E-state index is 13.1. The summed E-state index contributed by atoms with van der Waals surface area (Å²) in [5, 5.41) is 17.0. The van der Waals surface area contributed by atoms with Gasteiger partial charge in [-0.1, -0.05) is 0 Å². The van der Waals surface area contributed by atoms with Gasteiger partial charge < -0.3 is 15.1 Å². The molecule has 0 amide bonds. The Morgan fingerprint density at radius 1 is 1.38 bits per heavy atom. The Morgan fingerprint density at radius 3 is 2.96 bits per heavy atom. The molecule has 2 aromatic rings. The number of nitrogens with one attached hydrogen (secondary N) is 2. The van der Waals surface area contributed by atoms with E-state index in [4.69, 9.17) is 9.68 Å². The molecule has 4 rings (SSSR count). The van der Waals surface area contributed by atoms with Crippen molar-refractivity contribution in [3.05, 3.63) is 35.1 Å². The number of Topliss-reactive ketones (excluding diaryl/α,β-unsaturated/α-hetero) is 1. The molecule has 5 heteroatoms. The van der Waals surface area contributed by atoms with Crippen LogP contribution in [-0.4, -0.2) is 30.5 Å². The molecule has 2 fully saturated rings. The predicted molar refractivity (Wildman–Crippen MR) is 100.0 cm³/mol. The van der Waals surface area contributed by atoms with E-state index in [0.29, 0.717) is 11.3 Å². The van der Waals surface area contributed by atoms with Crippen molar-refractivity contribution >= 4 is 16.8 Å². The number of furan rings is 1. The number of carbonyl (C=O) groups is 1. The first kappa shape index (κ1) is 17.3. The van der Waals surface area contributed by atoms with Gasteiger partial charge in [-0.05, 0) is 75.9 Å². The largest absolute Gasteiger partial charge is 0.461 e. The van der Waals surface area contributed by atoms with Gasteiger partial charge in [0.05, 0.1) is 23.2 Å². The van der Waals surface area contributed by atoms with E-state index in [9.17, 15) is 4.79 Å². The molecule has 2 aliphatic heterocycles. The number of benzene rings is 1. The lowest BCUT2D eigenvalue weighted by Gasteiger charge is -2.30. The van der Waals surface area contributed by atoms with Gasteiger partial charge in [-0.25, -0.2) is 0 Å². The van der Waals surface area contributed by atoms with E-state index in [1.165, 1.54) is 0 Å². The molecule has 136 valence electrons. The molecule has 26 heavy (non-hydrogen) atoms. The number of rotatable bonds is 5. The summed E-state index contributed by atoms with van der Waals surface area (Å²) in [5.41, 5.74) is 2.05. The van der Waals surface area contributed by atoms with Gasteiger partial charge in [0.1, 0.15) is 11.3 Å². The van der Waals surface area contributed by atoms with Crippen LogP contribution >= 0.6 is 0 Å². The number of fused-ring (bicyclic) bond motifs is 1. The molecule has 0 unspecified atom stereocenters. The van der Waals surface area contributed by atoms with E-state index >= 15 is 0 Å². The van der Waals surface area contributed by atoms with Crippen LogP contribution in [0.3, 0.4) is 0 Å². The molecular weight excluding hydrogens is 326 g/mol. The van der Waals surface area contributed by atoms with Crippen LogP contribution in [0.1, 0.15) is 49.0 Å². The molecule has 0 bridgehead atoms. The lowest BCUT2D eigenvalue weighted by molar-refractivity contribution is -0.127. The number of ketones is 1. The van der Waals surface area contributed by atoms with E-state index in [2.05, 4.69) is 23.6 Å². The molecule has 2 atom stereocenters. The van der Waals surface area contributed by atoms with Gasteiger partial charge in [0.25, 0.3) is 0 Å². The van der Waals surface area contributed by atoms with Gasteiger partial charge in [0.2, 0.25) is 0 Å². The molecule has 3 heterocycles. The second-order valence-electron chi connectivity index (χ2n) is 7.60. The fourth-order valence-corrected chi connectivity index (χ4v) is 4.51. The highest BCUT2D eigenvalue weighted by molar-refractivity contribution is 5.93. The Bertz CT molecular complexity index is 865. The first-order valence-corrected chi connectivity index (χ1v) is 9.58. The molecule has 0 radical (unpaired) electrons. The minimum atomic E-state index is -0.425. The van der Waals surface area contributed by atoms with Crippen molar-refractivity contribution < 1.29 is 9.21 Å². The van der Waals surface area contributed by atoms with Gasteiger partial charge in [0, 0.05) is 11.8 Å². The van der Waals surface area contributed by atoms with Crippen molar-refractivity contribution in [2.24, 2.45) is 0 Å². The zero-order valence-electron chi connectivity index (χ0n) is 15.2. The summed E-state index contributed by atoms with van der Waals surface area (Å²) >= 11 is 0. The second kappa shape index (κ2) is 6.86. The summed E-state index contributed by atoms with van der Waals surface area (Å²) in [6.07, 6.45) is 5.47. The molecule has 1 aromatic carbocycles. The number of carbonyl (C=O) groups excluding carboxylic acids is 1. The molecule has 5 nitrogen and oxygen atoms in total. The molecule has 2 saturated heterocycles. The van der Waals surface area contributed by atoms with Crippen LogP contribution in [0.2, 0.25) is 0 Å². The third-order valence-corrected chi connectivity index (χ3v) is 6.04. The quantitative estimate of drug-likeness (QED) is 0.866. The average molecular weight is 351 g/mol. The van der Waals surface area contributed by atoms with Crippen LogP contribution in [0.15, 0.2) is 22.6 Å². The van der Waals surface area contributed by atoms with E-state index in [0.717, 1.165) is 73.9 Å². The zero-order chi connectivity index (χ0) is 18.1. The average Bonchev–Trinajstić information content (AvgIpc) is 3.40. The van der Waals surface area contributed by atoms with Crippen molar-refractivity contribution in [1.82, 2.24) is 10.6 Å². The highest BCUT2D eigenvalue weighted by atomic mass is 16.3. The van der Waals surface area contributed by atoms with Crippen molar-refractivity contribution in [2.75, 3.05) is 13.1 Å². The molecular formula is C21H25N3O2. The first-order chi connectivity index (χ1) is 12.6. The van der Waals surface area contributed by atoms with Gasteiger partial charge in [-0.2, -0.15) is 5.26 Å². The van der Waals surface area contributed by atoms with E-state index in [1.807, 2.05) is 12.1 Å². The monoisotopic (exact) mass is 351 g/mol. The second-order valence-corrected chi connectivity index (χ2v) is 7.60. The van der Waals surface area contributed by atoms with Crippen LogP contribution in [0.25, 0.3) is 11.0 Å². The normalized spacial score (nSPS) is 25.6. The van der Waals surface area contributed by atoms with Gasteiger partial charge in [-0.15, -0.1) is 0 Å². The van der Waals surface area contributed by atoms with Crippen molar-refractivity contribution in [3.63, 3.8) is 0 Å². The Labute approximate surface area is 153 Å². The number of hydrogen-bond acceptors (Lipinski definition) is 5. The summed E-state index contributed by atoms with van der Waals surface area (Å²) in [7, 11) is 0. The van der Waals surface area contributed by atoms with E-state index in [-0.39, 0.29) is 6.04 Å². The lowest BCUT2D eigenvalue weighted by Crippen LogP contribution is -2.54. The summed E-state index contributed by atoms with van der Waals surface area (Å²) in [4.78, 5) is 13.1. The third kappa shape index (κ3) is 2.94. The number of aryl methyl sites for hydroxylation is 2. The van der Waals surface area contributed by atoms with Gasteiger partial charge >= 0.3 is 0 Å². The molecule has 0 aliphatic carbocycles. The van der Waals surface area contributed by atoms with Crippen molar-refractivity contribution in [3.8, 4) is 6.07 Å². The first-order valence-electron chi connectivity index (χ1n) is 9.58. The van der Waals surface area contributed by atoms with Crippen molar-refractivity contribution in [1.29, 1.82) is 5.26 Å². The highest BCUT2D eigenvalue weighted by Gasteiger charge is 2.44. The minimum absolute atomic E-state index is 0.00411.